The van der Waals surface area contributed by atoms with Gasteiger partial charge >= 0.3 is 5.97 Å². The number of carbonyl (C=O) groups is 1. The lowest BCUT2D eigenvalue weighted by molar-refractivity contribution is -0.141. The summed E-state index contributed by atoms with van der Waals surface area (Å²) < 4.78 is 0. The van der Waals surface area contributed by atoms with Crippen LogP contribution in [0.4, 0.5) is 0 Å². The highest BCUT2D eigenvalue weighted by Gasteiger charge is 2.19. The monoisotopic (exact) mass is 261 g/mol. The summed E-state index contributed by atoms with van der Waals surface area (Å²) in [5.74, 6) is -0.439. The van der Waals surface area contributed by atoms with Gasteiger partial charge in [-0.2, -0.15) is 0 Å². The molecule has 2 unspecified atom stereocenters. The van der Waals surface area contributed by atoms with Crippen LogP contribution in [-0.4, -0.2) is 36.1 Å². The minimum absolute atomic E-state index is 0.315. The minimum atomic E-state index is -0.720. The highest BCUT2D eigenvalue weighted by Crippen LogP contribution is 2.27. The predicted octanol–water partition coefficient (Wildman–Crippen LogP) is 2.76. The van der Waals surface area contributed by atoms with Crippen molar-refractivity contribution in [2.45, 2.75) is 32.1 Å². The van der Waals surface area contributed by atoms with Crippen LogP contribution in [0.2, 0.25) is 0 Å². The van der Waals surface area contributed by atoms with E-state index in [2.05, 4.69) is 30.1 Å². The fourth-order valence-electron chi connectivity index (χ4n) is 2.85. The standard InChI is InChI=1S/C16H23NO2/c1-12(16(18)19)9-13-5-3-6-14(10-13)15-7-4-8-17(2)11-15/h3,5-6,10,12,15H,4,7-9,11H2,1-2H3,(H,18,19). The molecule has 2 rings (SSSR count). The molecule has 0 amide bonds. The average molecular weight is 261 g/mol. The van der Waals surface area contributed by atoms with Gasteiger partial charge in [0.2, 0.25) is 0 Å². The van der Waals surface area contributed by atoms with Crippen molar-refractivity contribution < 1.29 is 9.90 Å². The van der Waals surface area contributed by atoms with Crippen LogP contribution in [0.1, 0.15) is 36.8 Å². The lowest BCUT2D eigenvalue weighted by Crippen LogP contribution is -2.30. The van der Waals surface area contributed by atoms with E-state index < -0.39 is 5.97 Å². The topological polar surface area (TPSA) is 40.5 Å². The van der Waals surface area contributed by atoms with Crippen LogP contribution in [0.5, 0.6) is 0 Å². The first-order valence-electron chi connectivity index (χ1n) is 7.06. The van der Waals surface area contributed by atoms with Crippen LogP contribution in [-0.2, 0) is 11.2 Å². The number of carboxylic acid groups (broad SMARTS) is 1. The number of rotatable bonds is 4. The molecule has 1 aromatic rings. The molecule has 3 heteroatoms. The van der Waals surface area contributed by atoms with Gasteiger partial charge in [0.1, 0.15) is 0 Å². The molecule has 1 heterocycles. The third kappa shape index (κ3) is 3.80. The second-order valence-electron chi connectivity index (χ2n) is 5.79. The third-order valence-electron chi connectivity index (χ3n) is 4.01. The summed E-state index contributed by atoms with van der Waals surface area (Å²) in [5, 5.41) is 8.99. The van der Waals surface area contributed by atoms with Crippen LogP contribution in [0.25, 0.3) is 0 Å². The van der Waals surface area contributed by atoms with E-state index in [4.69, 9.17) is 5.11 Å². The summed E-state index contributed by atoms with van der Waals surface area (Å²) in [6, 6.07) is 8.48. The second-order valence-corrected chi connectivity index (χ2v) is 5.79. The first-order valence-corrected chi connectivity index (χ1v) is 7.06. The van der Waals surface area contributed by atoms with E-state index in [1.165, 1.54) is 24.9 Å². The Balaban J connectivity index is 2.08. The Hall–Kier alpha value is -1.35. The fourth-order valence-corrected chi connectivity index (χ4v) is 2.85. The van der Waals surface area contributed by atoms with Crippen molar-refractivity contribution in [3.05, 3.63) is 35.4 Å². The van der Waals surface area contributed by atoms with Crippen molar-refractivity contribution in [2.24, 2.45) is 5.92 Å². The van der Waals surface area contributed by atoms with Crippen LogP contribution in [0.3, 0.4) is 0 Å². The van der Waals surface area contributed by atoms with Crippen molar-refractivity contribution in [3.63, 3.8) is 0 Å². The summed E-state index contributed by atoms with van der Waals surface area (Å²) in [5.41, 5.74) is 2.50. The molecule has 0 spiro atoms. The maximum Gasteiger partial charge on any atom is 0.306 e. The molecule has 104 valence electrons. The van der Waals surface area contributed by atoms with Gasteiger partial charge in [-0.05, 0) is 49.9 Å². The Morgan fingerprint density at radius 2 is 2.32 bits per heavy atom. The van der Waals surface area contributed by atoms with Crippen LogP contribution >= 0.6 is 0 Å². The van der Waals surface area contributed by atoms with Gasteiger partial charge in [0.25, 0.3) is 0 Å². The molecule has 2 atom stereocenters. The number of aliphatic carboxylic acids is 1. The van der Waals surface area contributed by atoms with E-state index in [1.54, 1.807) is 6.92 Å². The largest absolute Gasteiger partial charge is 0.481 e. The van der Waals surface area contributed by atoms with Gasteiger partial charge < -0.3 is 10.0 Å². The zero-order chi connectivity index (χ0) is 13.8. The quantitative estimate of drug-likeness (QED) is 0.906. The molecule has 1 aromatic carbocycles. The van der Waals surface area contributed by atoms with E-state index in [0.29, 0.717) is 12.3 Å². The van der Waals surface area contributed by atoms with Crippen LogP contribution in [0, 0.1) is 5.92 Å². The number of carboxylic acids is 1. The number of hydrogen-bond acceptors (Lipinski definition) is 2. The Labute approximate surface area is 115 Å². The molecule has 1 aliphatic heterocycles. The average Bonchev–Trinajstić information content (AvgIpc) is 2.39. The molecule has 0 bridgehead atoms. The fraction of sp³-hybridized carbons (Fsp3) is 0.562. The van der Waals surface area contributed by atoms with Gasteiger partial charge in [0.05, 0.1) is 5.92 Å². The highest BCUT2D eigenvalue weighted by molar-refractivity contribution is 5.69. The smallest absolute Gasteiger partial charge is 0.306 e. The van der Waals surface area contributed by atoms with Gasteiger partial charge in [0.15, 0.2) is 0 Å². The molecular weight excluding hydrogens is 238 g/mol. The van der Waals surface area contributed by atoms with E-state index in [9.17, 15) is 4.79 Å². The maximum absolute atomic E-state index is 10.9. The molecule has 19 heavy (non-hydrogen) atoms. The number of piperidine rings is 1. The minimum Gasteiger partial charge on any atom is -0.481 e. The molecule has 1 saturated heterocycles. The van der Waals surface area contributed by atoms with Crippen molar-refractivity contribution in [1.82, 2.24) is 4.90 Å². The van der Waals surface area contributed by atoms with Crippen LogP contribution < -0.4 is 0 Å². The predicted molar refractivity (Wildman–Crippen MR) is 76.4 cm³/mol. The Morgan fingerprint density at radius 1 is 1.53 bits per heavy atom. The summed E-state index contributed by atoms with van der Waals surface area (Å²) >= 11 is 0. The molecule has 1 aliphatic rings. The van der Waals surface area contributed by atoms with Crippen molar-refractivity contribution in [1.29, 1.82) is 0 Å². The van der Waals surface area contributed by atoms with Crippen molar-refractivity contribution in [3.8, 4) is 0 Å². The molecule has 0 saturated carbocycles. The molecular formula is C16H23NO2. The maximum atomic E-state index is 10.9. The molecule has 3 nitrogen and oxygen atoms in total. The number of nitrogens with zero attached hydrogens (tertiary/aromatic N) is 1. The van der Waals surface area contributed by atoms with Gasteiger partial charge in [-0.15, -0.1) is 0 Å². The van der Waals surface area contributed by atoms with E-state index >= 15 is 0 Å². The van der Waals surface area contributed by atoms with Gasteiger partial charge in [-0.25, -0.2) is 0 Å². The van der Waals surface area contributed by atoms with Gasteiger partial charge in [0, 0.05) is 6.54 Å². The number of likely N-dealkylation sites (tertiary alicyclic amines) is 1. The van der Waals surface area contributed by atoms with Crippen molar-refractivity contribution >= 4 is 5.97 Å². The molecule has 1 N–H and O–H groups in total. The molecule has 0 aromatic heterocycles. The molecule has 1 fully saturated rings. The Bertz CT molecular complexity index is 444. The first kappa shape index (κ1) is 14.1. The molecule has 0 radical (unpaired) electrons. The number of hydrogen-bond donors (Lipinski definition) is 1. The normalized spacial score (nSPS) is 22.1. The summed E-state index contributed by atoms with van der Waals surface area (Å²) in [7, 11) is 2.17. The SMILES string of the molecule is CC(Cc1cccc(C2CCCN(C)C2)c1)C(=O)O. The molecule has 0 aliphatic carbocycles. The zero-order valence-corrected chi connectivity index (χ0v) is 11.8. The first-order chi connectivity index (χ1) is 9.06. The van der Waals surface area contributed by atoms with Crippen LogP contribution in [0.15, 0.2) is 24.3 Å². The third-order valence-corrected chi connectivity index (χ3v) is 4.01. The lowest BCUT2D eigenvalue weighted by atomic mass is 9.89. The van der Waals surface area contributed by atoms with E-state index in [-0.39, 0.29) is 5.92 Å². The summed E-state index contributed by atoms with van der Waals surface area (Å²) in [6.45, 7) is 4.06. The van der Waals surface area contributed by atoms with Gasteiger partial charge in [-0.3, -0.25) is 4.79 Å². The highest BCUT2D eigenvalue weighted by atomic mass is 16.4. The second kappa shape index (κ2) is 6.20. The van der Waals surface area contributed by atoms with E-state index in [0.717, 1.165) is 12.1 Å². The zero-order valence-electron chi connectivity index (χ0n) is 11.8. The summed E-state index contributed by atoms with van der Waals surface area (Å²) in [6.07, 6.45) is 3.10. The Morgan fingerprint density at radius 3 is 3.00 bits per heavy atom. The van der Waals surface area contributed by atoms with E-state index in [1.807, 2.05) is 6.07 Å². The van der Waals surface area contributed by atoms with Crippen molar-refractivity contribution in [2.75, 3.05) is 20.1 Å². The number of benzene rings is 1. The lowest BCUT2D eigenvalue weighted by Gasteiger charge is -2.30. The summed E-state index contributed by atoms with van der Waals surface area (Å²) in [4.78, 5) is 13.3. The van der Waals surface area contributed by atoms with Gasteiger partial charge in [-0.1, -0.05) is 31.2 Å². The Kier molecular flexibility index (Phi) is 4.59. The number of likely N-dealkylation sites (N-methyl/N-ethyl adjacent to an activating group) is 1.